The van der Waals surface area contributed by atoms with Crippen LogP contribution < -0.4 is 4.90 Å². The van der Waals surface area contributed by atoms with Crippen LogP contribution in [0.25, 0.3) is 0 Å². The minimum atomic E-state index is -4.08. The lowest BCUT2D eigenvalue weighted by Gasteiger charge is -2.13. The molecule has 1 amide bonds. The Morgan fingerprint density at radius 2 is 2.11 bits per heavy atom. The van der Waals surface area contributed by atoms with Gasteiger partial charge in [-0.15, -0.1) is 0 Å². The summed E-state index contributed by atoms with van der Waals surface area (Å²) >= 11 is 0. The van der Waals surface area contributed by atoms with Crippen LogP contribution in [0.3, 0.4) is 0 Å². The number of carbonyl (C=O) groups excluding carboxylic acids is 1. The molecule has 1 heterocycles. The summed E-state index contributed by atoms with van der Waals surface area (Å²) in [6.45, 7) is 0.276. The number of halogens is 1. The molecule has 10 heteroatoms. The number of anilines is 1. The van der Waals surface area contributed by atoms with Crippen LogP contribution in [-0.2, 0) is 13.8 Å². The fraction of sp³-hybridized carbons (Fsp3) is 0.222. The molecule has 1 aliphatic rings. The third-order valence-electron chi connectivity index (χ3n) is 2.48. The molecule has 0 atom stereocenters. The van der Waals surface area contributed by atoms with E-state index in [0.29, 0.717) is 0 Å². The van der Waals surface area contributed by atoms with Gasteiger partial charge in [-0.05, 0) is 12.1 Å². The molecule has 102 valence electrons. The molecule has 1 aromatic carbocycles. The molecule has 0 unspecified atom stereocenters. The number of carbonyl (C=O) groups is 1. The Hall–Kier alpha value is -1.87. The van der Waals surface area contributed by atoms with Crippen molar-refractivity contribution in [1.82, 2.24) is 0 Å². The number of nitrogens with zero attached hydrogens (tertiary/aromatic N) is 2. The van der Waals surface area contributed by atoms with E-state index in [-0.39, 0.29) is 18.8 Å². The monoisotopic (exact) mass is 306 g/mol. The number of hydrogen-bond donors (Lipinski definition) is 0. The van der Waals surface area contributed by atoms with Gasteiger partial charge in [-0.2, -0.15) is 0 Å². The van der Waals surface area contributed by atoms with Crippen molar-refractivity contribution in [3.63, 3.8) is 0 Å². The molecule has 1 saturated heterocycles. The average Bonchev–Trinajstić information content (AvgIpc) is 2.73. The van der Waals surface area contributed by atoms with Crippen molar-refractivity contribution in [3.8, 4) is 0 Å². The van der Waals surface area contributed by atoms with Gasteiger partial charge in [-0.3, -0.25) is 15.0 Å². The van der Waals surface area contributed by atoms with E-state index in [1.54, 1.807) is 0 Å². The van der Waals surface area contributed by atoms with E-state index in [0.717, 1.165) is 23.1 Å². The van der Waals surface area contributed by atoms with Crippen LogP contribution in [0, 0.1) is 10.1 Å². The average molecular weight is 307 g/mol. The number of cyclic esters (lactones) is 1. The standard InChI is InChI=1S/C9H7ClN2O6S/c10-19(16,17)6-1-2-7(8(5-6)12(14)15)11-3-4-18-9(11)13/h1-2,5H,3-4H2. The van der Waals surface area contributed by atoms with Crippen LogP contribution in [0.4, 0.5) is 16.2 Å². The molecule has 1 fully saturated rings. The number of hydrogen-bond acceptors (Lipinski definition) is 6. The molecule has 0 N–H and O–H groups in total. The zero-order valence-electron chi connectivity index (χ0n) is 9.28. The molecule has 2 rings (SSSR count). The minimum absolute atomic E-state index is 0.0310. The first-order chi connectivity index (χ1) is 8.80. The number of ether oxygens (including phenoxy) is 1. The quantitative estimate of drug-likeness (QED) is 0.475. The summed E-state index contributed by atoms with van der Waals surface area (Å²) in [6, 6.07) is 3.06. The Labute approximate surface area is 112 Å². The van der Waals surface area contributed by atoms with E-state index in [4.69, 9.17) is 10.7 Å². The highest BCUT2D eigenvalue weighted by molar-refractivity contribution is 8.13. The van der Waals surface area contributed by atoms with E-state index in [1.807, 2.05) is 0 Å². The summed E-state index contributed by atoms with van der Waals surface area (Å²) in [4.78, 5) is 22.2. The smallest absolute Gasteiger partial charge is 0.414 e. The predicted molar refractivity (Wildman–Crippen MR) is 64.8 cm³/mol. The van der Waals surface area contributed by atoms with Gasteiger partial charge in [0.05, 0.1) is 16.4 Å². The molecule has 0 radical (unpaired) electrons. The Bertz CT molecular complexity index is 659. The van der Waals surface area contributed by atoms with E-state index >= 15 is 0 Å². The van der Waals surface area contributed by atoms with Gasteiger partial charge < -0.3 is 4.74 Å². The highest BCUT2D eigenvalue weighted by Crippen LogP contribution is 2.33. The summed E-state index contributed by atoms with van der Waals surface area (Å²) in [6.07, 6.45) is -0.718. The van der Waals surface area contributed by atoms with Gasteiger partial charge >= 0.3 is 6.09 Å². The van der Waals surface area contributed by atoms with Crippen LogP contribution >= 0.6 is 10.7 Å². The molecule has 1 aromatic rings. The van der Waals surface area contributed by atoms with Crippen LogP contribution in [0.15, 0.2) is 23.1 Å². The van der Waals surface area contributed by atoms with Gasteiger partial charge in [0.25, 0.3) is 14.7 Å². The van der Waals surface area contributed by atoms with Crippen LogP contribution in [0.5, 0.6) is 0 Å². The van der Waals surface area contributed by atoms with Gasteiger partial charge in [0.2, 0.25) is 0 Å². The third kappa shape index (κ3) is 2.61. The maximum absolute atomic E-state index is 11.4. The number of benzene rings is 1. The summed E-state index contributed by atoms with van der Waals surface area (Å²) < 4.78 is 27.0. The largest absolute Gasteiger partial charge is 0.447 e. The van der Waals surface area contributed by atoms with Crippen molar-refractivity contribution in [2.45, 2.75) is 4.90 Å². The van der Waals surface area contributed by atoms with Crippen LogP contribution in [0.1, 0.15) is 0 Å². The first kappa shape index (κ1) is 13.6. The molecular weight excluding hydrogens is 300 g/mol. The van der Waals surface area contributed by atoms with Crippen LogP contribution in [0.2, 0.25) is 0 Å². The van der Waals surface area contributed by atoms with Gasteiger partial charge in [0.1, 0.15) is 12.3 Å². The Morgan fingerprint density at radius 3 is 2.58 bits per heavy atom. The molecule has 0 aromatic heterocycles. The SMILES string of the molecule is O=C1OCCN1c1ccc(S(=O)(=O)Cl)cc1[N+](=O)[O-]. The van der Waals surface area contributed by atoms with E-state index in [9.17, 15) is 23.3 Å². The number of nitro groups is 1. The topological polar surface area (TPSA) is 107 Å². The zero-order chi connectivity index (χ0) is 14.2. The molecule has 19 heavy (non-hydrogen) atoms. The van der Waals surface area contributed by atoms with Crippen molar-refractivity contribution >= 4 is 37.2 Å². The van der Waals surface area contributed by atoms with Crippen molar-refractivity contribution < 1.29 is 22.9 Å². The second-order valence-electron chi connectivity index (χ2n) is 3.61. The third-order valence-corrected chi connectivity index (χ3v) is 3.83. The number of nitro benzene ring substituents is 1. The molecule has 0 aliphatic carbocycles. The van der Waals surface area contributed by atoms with E-state index in [2.05, 4.69) is 4.74 Å². The van der Waals surface area contributed by atoms with Crippen molar-refractivity contribution in [1.29, 1.82) is 0 Å². The minimum Gasteiger partial charge on any atom is -0.447 e. The number of rotatable bonds is 3. The van der Waals surface area contributed by atoms with Gasteiger partial charge in [0, 0.05) is 16.7 Å². The highest BCUT2D eigenvalue weighted by atomic mass is 35.7. The lowest BCUT2D eigenvalue weighted by Crippen LogP contribution is -2.24. The highest BCUT2D eigenvalue weighted by Gasteiger charge is 2.30. The molecule has 0 spiro atoms. The fourth-order valence-electron chi connectivity index (χ4n) is 1.64. The molecule has 8 nitrogen and oxygen atoms in total. The molecular formula is C9H7ClN2O6S. The molecule has 0 bridgehead atoms. The maximum Gasteiger partial charge on any atom is 0.414 e. The van der Waals surface area contributed by atoms with Gasteiger partial charge in [-0.25, -0.2) is 13.2 Å². The normalized spacial score (nSPS) is 15.4. The lowest BCUT2D eigenvalue weighted by atomic mass is 10.2. The first-order valence-electron chi connectivity index (χ1n) is 4.98. The maximum atomic E-state index is 11.4. The summed E-state index contributed by atoms with van der Waals surface area (Å²) in [5, 5.41) is 11.0. The summed E-state index contributed by atoms with van der Waals surface area (Å²) in [5.41, 5.74) is -0.558. The Kier molecular flexibility index (Phi) is 3.33. The zero-order valence-corrected chi connectivity index (χ0v) is 10.8. The Balaban J connectivity index is 2.56. The second kappa shape index (κ2) is 4.67. The lowest BCUT2D eigenvalue weighted by molar-refractivity contribution is -0.384. The predicted octanol–water partition coefficient (Wildman–Crippen LogP) is 1.48. The molecule has 1 aliphatic heterocycles. The van der Waals surface area contributed by atoms with Crippen molar-refractivity contribution in [3.05, 3.63) is 28.3 Å². The second-order valence-corrected chi connectivity index (χ2v) is 6.18. The van der Waals surface area contributed by atoms with Crippen molar-refractivity contribution in [2.24, 2.45) is 0 Å². The summed E-state index contributed by atoms with van der Waals surface area (Å²) in [5.74, 6) is 0. The number of amides is 1. The van der Waals surface area contributed by atoms with Gasteiger partial charge in [-0.1, -0.05) is 0 Å². The Morgan fingerprint density at radius 1 is 1.42 bits per heavy atom. The molecule has 0 saturated carbocycles. The van der Waals surface area contributed by atoms with Crippen molar-refractivity contribution in [2.75, 3.05) is 18.1 Å². The van der Waals surface area contributed by atoms with E-state index in [1.165, 1.54) is 0 Å². The van der Waals surface area contributed by atoms with E-state index < -0.39 is 30.7 Å². The van der Waals surface area contributed by atoms with Crippen LogP contribution in [-0.4, -0.2) is 32.6 Å². The fourth-order valence-corrected chi connectivity index (χ4v) is 2.41. The first-order valence-corrected chi connectivity index (χ1v) is 7.29. The van der Waals surface area contributed by atoms with Gasteiger partial charge in [0.15, 0.2) is 0 Å². The summed E-state index contributed by atoms with van der Waals surface area (Å²) in [7, 11) is 1.04.